The van der Waals surface area contributed by atoms with E-state index >= 15 is 0 Å². The molecule has 1 aliphatic heterocycles. The van der Waals surface area contributed by atoms with Gasteiger partial charge in [-0.3, -0.25) is 4.79 Å². The Hall–Kier alpha value is -1.87. The van der Waals surface area contributed by atoms with Crippen LogP contribution in [0.2, 0.25) is 0 Å². The Morgan fingerprint density at radius 1 is 1.17 bits per heavy atom. The Morgan fingerprint density at radius 3 is 2.61 bits per heavy atom. The number of carbonyl (C=O) groups excluding carboxylic acids is 1. The summed E-state index contributed by atoms with van der Waals surface area (Å²) in [6.45, 7) is 3.66. The van der Waals surface area contributed by atoms with Crippen molar-refractivity contribution in [3.8, 4) is 0 Å². The third-order valence-corrected chi connectivity index (χ3v) is 3.42. The Bertz CT molecular complexity index is 602. The number of hydrogen-bond donors (Lipinski definition) is 2. The number of fused-ring (bicyclic) bond motifs is 1. The standard InChI is InChI=1S/C15H16N2O/c1-10-2-3-12-7-14(5-4-11(12)6-10)17-15(18)13-8-16-9-13/h2-7,13,16H,8-9H2,1H3,(H,17,18). The lowest BCUT2D eigenvalue weighted by Gasteiger charge is -2.25. The van der Waals surface area contributed by atoms with Crippen LogP contribution in [-0.4, -0.2) is 19.0 Å². The number of nitrogens with one attached hydrogen (secondary N) is 2. The maximum absolute atomic E-state index is 11.8. The Kier molecular flexibility index (Phi) is 2.76. The molecule has 2 N–H and O–H groups in total. The van der Waals surface area contributed by atoms with Crippen LogP contribution < -0.4 is 10.6 Å². The first-order valence-corrected chi connectivity index (χ1v) is 6.24. The van der Waals surface area contributed by atoms with E-state index in [1.54, 1.807) is 0 Å². The summed E-state index contributed by atoms with van der Waals surface area (Å²) in [4.78, 5) is 11.8. The number of aryl methyl sites for hydroxylation is 1. The van der Waals surface area contributed by atoms with E-state index in [1.165, 1.54) is 10.9 Å². The van der Waals surface area contributed by atoms with Gasteiger partial charge in [0.15, 0.2) is 0 Å². The van der Waals surface area contributed by atoms with E-state index in [0.717, 1.165) is 24.2 Å². The molecule has 1 fully saturated rings. The molecule has 92 valence electrons. The van der Waals surface area contributed by atoms with E-state index < -0.39 is 0 Å². The number of rotatable bonds is 2. The third-order valence-electron chi connectivity index (χ3n) is 3.42. The molecule has 0 aromatic heterocycles. The quantitative estimate of drug-likeness (QED) is 0.845. The fourth-order valence-corrected chi connectivity index (χ4v) is 2.16. The molecule has 2 aromatic carbocycles. The monoisotopic (exact) mass is 240 g/mol. The largest absolute Gasteiger partial charge is 0.326 e. The molecule has 0 atom stereocenters. The summed E-state index contributed by atoms with van der Waals surface area (Å²) < 4.78 is 0. The van der Waals surface area contributed by atoms with Crippen molar-refractivity contribution in [2.75, 3.05) is 18.4 Å². The Labute approximate surface area is 106 Å². The van der Waals surface area contributed by atoms with Gasteiger partial charge in [0.2, 0.25) is 5.91 Å². The summed E-state index contributed by atoms with van der Waals surface area (Å²) in [6.07, 6.45) is 0. The van der Waals surface area contributed by atoms with Crippen LogP contribution in [0, 0.1) is 12.8 Å². The van der Waals surface area contributed by atoms with Gasteiger partial charge in [-0.05, 0) is 29.8 Å². The molecule has 0 aliphatic carbocycles. The van der Waals surface area contributed by atoms with Gasteiger partial charge < -0.3 is 10.6 Å². The SMILES string of the molecule is Cc1ccc2cc(NC(=O)C3CNC3)ccc2c1. The Morgan fingerprint density at radius 2 is 1.89 bits per heavy atom. The first kappa shape index (κ1) is 11.2. The minimum atomic E-state index is 0.111. The molecule has 0 unspecified atom stereocenters. The number of benzene rings is 2. The van der Waals surface area contributed by atoms with Crippen molar-refractivity contribution in [3.05, 3.63) is 42.0 Å². The second-order valence-corrected chi connectivity index (χ2v) is 4.91. The summed E-state index contributed by atoms with van der Waals surface area (Å²) in [5.74, 6) is 0.235. The van der Waals surface area contributed by atoms with Gasteiger partial charge >= 0.3 is 0 Å². The first-order valence-electron chi connectivity index (χ1n) is 6.24. The second-order valence-electron chi connectivity index (χ2n) is 4.91. The summed E-state index contributed by atoms with van der Waals surface area (Å²) in [5, 5.41) is 8.44. The summed E-state index contributed by atoms with van der Waals surface area (Å²) in [7, 11) is 0. The van der Waals surface area contributed by atoms with Crippen molar-refractivity contribution in [2.45, 2.75) is 6.92 Å². The molecule has 0 bridgehead atoms. The fraction of sp³-hybridized carbons (Fsp3) is 0.267. The van der Waals surface area contributed by atoms with E-state index in [4.69, 9.17) is 0 Å². The molecular weight excluding hydrogens is 224 g/mol. The van der Waals surface area contributed by atoms with E-state index in [9.17, 15) is 4.79 Å². The number of carbonyl (C=O) groups is 1. The van der Waals surface area contributed by atoms with E-state index in [2.05, 4.69) is 41.8 Å². The summed E-state index contributed by atoms with van der Waals surface area (Å²) in [5.41, 5.74) is 2.13. The molecule has 3 rings (SSSR count). The molecule has 0 saturated carbocycles. The second kappa shape index (κ2) is 4.42. The highest BCUT2D eigenvalue weighted by atomic mass is 16.2. The van der Waals surface area contributed by atoms with Crippen LogP contribution in [0.25, 0.3) is 10.8 Å². The van der Waals surface area contributed by atoms with Gasteiger partial charge in [-0.1, -0.05) is 29.8 Å². The van der Waals surface area contributed by atoms with Crippen LogP contribution in [0.15, 0.2) is 36.4 Å². The lowest BCUT2D eigenvalue weighted by atomic mass is 10.0. The maximum Gasteiger partial charge on any atom is 0.230 e. The van der Waals surface area contributed by atoms with Crippen LogP contribution in [0.1, 0.15) is 5.56 Å². The predicted octanol–water partition coefficient (Wildman–Crippen LogP) is 2.31. The molecule has 3 nitrogen and oxygen atoms in total. The van der Waals surface area contributed by atoms with Gasteiger partial charge in [0.25, 0.3) is 0 Å². The van der Waals surface area contributed by atoms with Crippen molar-refractivity contribution in [1.82, 2.24) is 5.32 Å². The number of anilines is 1. The van der Waals surface area contributed by atoms with Gasteiger partial charge in [0.05, 0.1) is 5.92 Å². The Balaban J connectivity index is 1.84. The zero-order valence-corrected chi connectivity index (χ0v) is 10.4. The van der Waals surface area contributed by atoms with E-state index in [1.807, 2.05) is 12.1 Å². The number of amides is 1. The fourth-order valence-electron chi connectivity index (χ4n) is 2.16. The minimum absolute atomic E-state index is 0.111. The highest BCUT2D eigenvalue weighted by Crippen LogP contribution is 2.21. The minimum Gasteiger partial charge on any atom is -0.326 e. The average Bonchev–Trinajstić information content (AvgIpc) is 2.27. The average molecular weight is 240 g/mol. The predicted molar refractivity (Wildman–Crippen MR) is 73.7 cm³/mol. The van der Waals surface area contributed by atoms with E-state index in [0.29, 0.717) is 0 Å². The smallest absolute Gasteiger partial charge is 0.230 e. The van der Waals surface area contributed by atoms with Gasteiger partial charge in [0.1, 0.15) is 0 Å². The van der Waals surface area contributed by atoms with Gasteiger partial charge in [0, 0.05) is 18.8 Å². The molecule has 1 aliphatic rings. The van der Waals surface area contributed by atoms with Crippen LogP contribution in [0.4, 0.5) is 5.69 Å². The number of hydrogen-bond acceptors (Lipinski definition) is 2. The molecule has 1 amide bonds. The van der Waals surface area contributed by atoms with Gasteiger partial charge in [-0.25, -0.2) is 0 Å². The molecule has 2 aromatic rings. The molecule has 1 saturated heterocycles. The van der Waals surface area contributed by atoms with E-state index in [-0.39, 0.29) is 11.8 Å². The van der Waals surface area contributed by atoms with Crippen molar-refractivity contribution in [2.24, 2.45) is 5.92 Å². The summed E-state index contributed by atoms with van der Waals surface area (Å²) in [6, 6.07) is 12.4. The molecule has 0 radical (unpaired) electrons. The topological polar surface area (TPSA) is 41.1 Å². The van der Waals surface area contributed by atoms with Crippen molar-refractivity contribution >= 4 is 22.4 Å². The van der Waals surface area contributed by atoms with Crippen molar-refractivity contribution < 1.29 is 4.79 Å². The molecule has 3 heteroatoms. The normalized spacial score (nSPS) is 15.4. The highest BCUT2D eigenvalue weighted by Gasteiger charge is 2.24. The van der Waals surface area contributed by atoms with Crippen LogP contribution >= 0.6 is 0 Å². The van der Waals surface area contributed by atoms with Crippen molar-refractivity contribution in [3.63, 3.8) is 0 Å². The zero-order chi connectivity index (χ0) is 12.5. The maximum atomic E-state index is 11.8. The zero-order valence-electron chi connectivity index (χ0n) is 10.4. The van der Waals surface area contributed by atoms with Gasteiger partial charge in [-0.15, -0.1) is 0 Å². The van der Waals surface area contributed by atoms with Crippen molar-refractivity contribution in [1.29, 1.82) is 0 Å². The molecule has 18 heavy (non-hydrogen) atoms. The molecule has 0 spiro atoms. The van der Waals surface area contributed by atoms with Crippen LogP contribution in [-0.2, 0) is 4.79 Å². The molecular formula is C15H16N2O. The summed E-state index contributed by atoms with van der Waals surface area (Å²) >= 11 is 0. The highest BCUT2D eigenvalue weighted by molar-refractivity contribution is 5.96. The van der Waals surface area contributed by atoms with Crippen LogP contribution in [0.3, 0.4) is 0 Å². The third kappa shape index (κ3) is 2.09. The van der Waals surface area contributed by atoms with Crippen LogP contribution in [0.5, 0.6) is 0 Å². The van der Waals surface area contributed by atoms with Gasteiger partial charge in [-0.2, -0.15) is 0 Å². The lowest BCUT2D eigenvalue weighted by Crippen LogP contribution is -2.48. The molecule has 1 heterocycles. The lowest BCUT2D eigenvalue weighted by molar-refractivity contribution is -0.121. The first-order chi connectivity index (χ1) is 8.72.